The summed E-state index contributed by atoms with van der Waals surface area (Å²) >= 11 is 7.40. The van der Waals surface area contributed by atoms with Crippen LogP contribution in [0.1, 0.15) is 20.7 Å². The minimum Gasteiger partial charge on any atom is -0.753 e. The fraction of sp³-hybridized carbons (Fsp3) is 0. The van der Waals surface area contributed by atoms with Crippen molar-refractivity contribution >= 4 is 59.0 Å². The van der Waals surface area contributed by atoms with E-state index in [9.17, 15) is 19.8 Å². The Morgan fingerprint density at radius 3 is 1.09 bits per heavy atom. The van der Waals surface area contributed by atoms with Crippen molar-refractivity contribution in [2.45, 2.75) is 0 Å². The molecule has 0 atom stereocenters. The second kappa shape index (κ2) is 28.1. The summed E-state index contributed by atoms with van der Waals surface area (Å²) in [4.78, 5) is 70.0. The van der Waals surface area contributed by atoms with Gasteiger partial charge in [-0.25, -0.2) is 0 Å². The average Bonchev–Trinajstić information content (AvgIpc) is 3.00. The molecule has 0 aromatic carbocycles. The smallest absolute Gasteiger partial charge is 0.753 e. The SMILES string of the molecule is O=C([O-])c1ccnc(-c2ccccn2)c1.O=C([O-])c1ccnc(-c2ccccn2)c1.O=C=O.O=C=O.[N-]=C=S.[N-]=C=S.[Ru+2]. The monoisotopic (exact) mass is 704 g/mol. The van der Waals surface area contributed by atoms with Gasteiger partial charge in [0.25, 0.3) is 0 Å². The molecule has 0 spiro atoms. The van der Waals surface area contributed by atoms with E-state index in [2.05, 4.69) is 44.4 Å². The standard InChI is InChI=1S/2C11H8N2O2.2CNS.2CO2.Ru/c2*14-11(15)8-4-6-13-10(7-8)9-3-1-2-5-12-9;4*2-1-3;/h2*1-7H,(H,14,15);;;;;/q;;2*-1;;;+2/p-2. The number of rotatable bonds is 4. The minimum absolute atomic E-state index is 0. The van der Waals surface area contributed by atoms with Gasteiger partial charge in [0, 0.05) is 35.9 Å². The molecule has 0 aliphatic rings. The number of hydrogen-bond acceptors (Lipinski definition) is 14. The maximum Gasteiger partial charge on any atom is 2.00 e. The van der Waals surface area contributed by atoms with Gasteiger partial charge in [-0.2, -0.15) is 29.5 Å². The van der Waals surface area contributed by atoms with Gasteiger partial charge in [-0.15, -0.1) is 0 Å². The molecule has 17 heteroatoms. The Kier molecular flexibility index (Phi) is 27.4. The Morgan fingerprint density at radius 2 is 0.860 bits per heavy atom. The molecule has 218 valence electrons. The van der Waals surface area contributed by atoms with Gasteiger partial charge in [-0.3, -0.25) is 19.9 Å². The normalized spacial score (nSPS) is 7.63. The molecule has 0 amide bonds. The van der Waals surface area contributed by atoms with E-state index in [-0.39, 0.29) is 42.9 Å². The van der Waals surface area contributed by atoms with Crippen LogP contribution in [0.25, 0.3) is 33.6 Å². The number of thiocarbonyl (C=S) groups is 2. The van der Waals surface area contributed by atoms with E-state index in [4.69, 9.17) is 30.0 Å². The third-order valence-electron chi connectivity index (χ3n) is 3.85. The Hall–Kier alpha value is -5.48. The van der Waals surface area contributed by atoms with E-state index in [0.717, 1.165) is 0 Å². The number of aromatic nitrogens is 4. The molecule has 0 fully saturated rings. The molecule has 4 aromatic rings. The van der Waals surface area contributed by atoms with Crippen molar-refractivity contribution in [2.75, 3.05) is 0 Å². The second-order valence-corrected chi connectivity index (χ2v) is 6.58. The molecule has 43 heavy (non-hydrogen) atoms. The van der Waals surface area contributed by atoms with Gasteiger partial charge in [0.15, 0.2) is 0 Å². The summed E-state index contributed by atoms with van der Waals surface area (Å²) in [6.07, 6.45) is 6.61. The van der Waals surface area contributed by atoms with Gasteiger partial charge >= 0.3 is 31.8 Å². The fourth-order valence-corrected chi connectivity index (χ4v) is 2.42. The van der Waals surface area contributed by atoms with E-state index in [1.165, 1.54) is 47.0 Å². The number of isothiocyanates is 2. The number of hydrogen-bond donors (Lipinski definition) is 0. The predicted molar refractivity (Wildman–Crippen MR) is 146 cm³/mol. The van der Waals surface area contributed by atoms with Gasteiger partial charge < -0.3 is 30.6 Å². The maximum absolute atomic E-state index is 10.6. The van der Waals surface area contributed by atoms with E-state index in [1.54, 1.807) is 36.7 Å². The zero-order valence-corrected chi connectivity index (χ0v) is 24.6. The molecule has 4 rings (SSSR count). The Labute approximate surface area is 266 Å². The first-order valence-electron chi connectivity index (χ1n) is 10.4. The molecule has 0 unspecified atom stereocenters. The third kappa shape index (κ3) is 20.1. The molecule has 0 N–H and O–H groups in total. The first-order chi connectivity index (χ1) is 20.2. The summed E-state index contributed by atoms with van der Waals surface area (Å²) in [6.45, 7) is 0. The summed E-state index contributed by atoms with van der Waals surface area (Å²) < 4.78 is 0. The number of pyridine rings is 4. The van der Waals surface area contributed by atoms with Crippen LogP contribution >= 0.6 is 24.4 Å². The largest absolute Gasteiger partial charge is 2.00 e. The van der Waals surface area contributed by atoms with Gasteiger partial charge in [-0.1, -0.05) is 36.6 Å². The van der Waals surface area contributed by atoms with E-state index in [0.29, 0.717) is 22.8 Å². The number of carbonyl (C=O) groups is 2. The van der Waals surface area contributed by atoms with Crippen molar-refractivity contribution in [1.29, 1.82) is 0 Å². The molecular formula is C26H14N6O8RuS2-2. The van der Waals surface area contributed by atoms with Crippen molar-refractivity contribution in [3.63, 3.8) is 0 Å². The topological polar surface area (TPSA) is 245 Å². The van der Waals surface area contributed by atoms with Gasteiger partial charge in [0.1, 0.15) is 0 Å². The van der Waals surface area contributed by atoms with Crippen LogP contribution in [-0.4, -0.2) is 54.5 Å². The summed E-state index contributed by atoms with van der Waals surface area (Å²) in [5.41, 5.74) is 2.53. The van der Waals surface area contributed by atoms with E-state index in [1.807, 2.05) is 12.1 Å². The first kappa shape index (κ1) is 42.0. The molecular weight excluding hydrogens is 690 g/mol. The number of aromatic carboxylic acids is 2. The second-order valence-electron chi connectivity index (χ2n) is 6.21. The molecule has 4 heterocycles. The molecule has 0 saturated heterocycles. The molecule has 0 bridgehead atoms. The maximum atomic E-state index is 10.6. The van der Waals surface area contributed by atoms with E-state index < -0.39 is 11.9 Å². The Balaban J connectivity index is -0.000000537. The van der Waals surface area contributed by atoms with Crippen LogP contribution in [0, 0.1) is 0 Å². The quantitative estimate of drug-likeness (QED) is 0.165. The Bertz CT molecular complexity index is 1400. The summed E-state index contributed by atoms with van der Waals surface area (Å²) in [5, 5.41) is 38.2. The van der Waals surface area contributed by atoms with Crippen LogP contribution in [0.2, 0.25) is 0 Å². The van der Waals surface area contributed by atoms with Gasteiger partial charge in [0.05, 0.1) is 34.7 Å². The number of carboxylic acids is 2. The molecule has 0 radical (unpaired) electrons. The number of carboxylic acid groups (broad SMARTS) is 2. The average molecular weight is 704 g/mol. The minimum atomic E-state index is -1.21. The zero-order valence-electron chi connectivity index (χ0n) is 21.2. The van der Waals surface area contributed by atoms with Crippen LogP contribution in [0.15, 0.2) is 85.5 Å². The van der Waals surface area contributed by atoms with Crippen molar-refractivity contribution in [1.82, 2.24) is 19.9 Å². The van der Waals surface area contributed by atoms with Crippen molar-refractivity contribution in [3.05, 3.63) is 107 Å². The van der Waals surface area contributed by atoms with Gasteiger partial charge in [-0.05, 0) is 48.5 Å². The Morgan fingerprint density at radius 1 is 0.581 bits per heavy atom. The fourth-order valence-electron chi connectivity index (χ4n) is 2.42. The van der Waals surface area contributed by atoms with Crippen LogP contribution in [-0.2, 0) is 38.7 Å². The van der Waals surface area contributed by atoms with Crippen molar-refractivity contribution < 1.29 is 58.5 Å². The van der Waals surface area contributed by atoms with Crippen LogP contribution in [0.3, 0.4) is 0 Å². The van der Waals surface area contributed by atoms with Crippen molar-refractivity contribution in [2.24, 2.45) is 0 Å². The number of nitrogens with zero attached hydrogens (tertiary/aromatic N) is 6. The van der Waals surface area contributed by atoms with Crippen LogP contribution in [0.4, 0.5) is 0 Å². The number of carbonyl (C=O) groups excluding carboxylic acids is 6. The predicted octanol–water partition coefficient (Wildman–Crippen LogP) is 1.16. The first-order valence-corrected chi connectivity index (χ1v) is 11.2. The summed E-state index contributed by atoms with van der Waals surface area (Å²) in [6, 6.07) is 16.4. The third-order valence-corrected chi connectivity index (χ3v) is 3.85. The molecule has 4 aromatic heterocycles. The molecule has 0 saturated carbocycles. The summed E-state index contributed by atoms with van der Waals surface area (Å²) in [5.74, 6) is -2.43. The van der Waals surface area contributed by atoms with Crippen LogP contribution in [0.5, 0.6) is 0 Å². The van der Waals surface area contributed by atoms with Gasteiger partial charge in [0.2, 0.25) is 0 Å². The van der Waals surface area contributed by atoms with Crippen LogP contribution < -0.4 is 10.2 Å². The summed E-state index contributed by atoms with van der Waals surface area (Å²) in [7, 11) is 0. The van der Waals surface area contributed by atoms with Crippen molar-refractivity contribution in [3.8, 4) is 22.8 Å². The zero-order chi connectivity index (χ0) is 32.2. The van der Waals surface area contributed by atoms with E-state index >= 15 is 0 Å². The molecule has 0 aliphatic carbocycles. The molecule has 0 aliphatic heterocycles. The molecule has 14 nitrogen and oxygen atoms in total.